The van der Waals surface area contributed by atoms with Crippen molar-refractivity contribution in [2.45, 2.75) is 38.5 Å². The van der Waals surface area contributed by atoms with Crippen molar-refractivity contribution in [2.75, 3.05) is 38.0 Å². The molecule has 0 unspecified atom stereocenters. The number of hydrogen-bond acceptors (Lipinski definition) is 3. The highest BCUT2D eigenvalue weighted by molar-refractivity contribution is 5.78. The van der Waals surface area contributed by atoms with Crippen molar-refractivity contribution in [3.63, 3.8) is 0 Å². The molecular formula is C23H32N2O. The molecule has 2 aromatic carbocycles. The van der Waals surface area contributed by atoms with E-state index in [0.29, 0.717) is 18.6 Å². The van der Waals surface area contributed by atoms with Crippen LogP contribution in [0.4, 0.5) is 11.4 Å². The van der Waals surface area contributed by atoms with Gasteiger partial charge >= 0.3 is 0 Å². The molecule has 0 atom stereocenters. The lowest BCUT2D eigenvalue weighted by molar-refractivity contribution is -0.119. The Kier molecular flexibility index (Phi) is 7.71. The van der Waals surface area contributed by atoms with Crippen LogP contribution >= 0.6 is 0 Å². The Balaban J connectivity index is 1.64. The summed E-state index contributed by atoms with van der Waals surface area (Å²) in [5.74, 6) is 0.389. The van der Waals surface area contributed by atoms with E-state index >= 15 is 0 Å². The van der Waals surface area contributed by atoms with E-state index in [1.807, 2.05) is 28.2 Å². The predicted molar refractivity (Wildman–Crippen MR) is 112 cm³/mol. The zero-order valence-electron chi connectivity index (χ0n) is 16.7. The van der Waals surface area contributed by atoms with Crippen molar-refractivity contribution in [1.82, 2.24) is 0 Å². The van der Waals surface area contributed by atoms with E-state index in [1.165, 1.54) is 22.5 Å². The monoisotopic (exact) mass is 352 g/mol. The van der Waals surface area contributed by atoms with E-state index in [-0.39, 0.29) is 0 Å². The minimum Gasteiger partial charge on any atom is -0.378 e. The summed E-state index contributed by atoms with van der Waals surface area (Å²) in [6.45, 7) is 0. The van der Waals surface area contributed by atoms with Gasteiger partial charge in [0.1, 0.15) is 5.78 Å². The number of nitrogens with zero attached hydrogens (tertiary/aromatic N) is 2. The number of benzene rings is 2. The molecule has 3 heteroatoms. The third-order valence-electron chi connectivity index (χ3n) is 4.75. The summed E-state index contributed by atoms with van der Waals surface area (Å²) < 4.78 is 0. The van der Waals surface area contributed by atoms with Crippen LogP contribution in [0.3, 0.4) is 0 Å². The first-order valence-corrected chi connectivity index (χ1v) is 9.50. The summed E-state index contributed by atoms with van der Waals surface area (Å²) in [5.41, 5.74) is 5.04. The van der Waals surface area contributed by atoms with Crippen LogP contribution in [0, 0.1) is 0 Å². The van der Waals surface area contributed by atoms with E-state index in [4.69, 9.17) is 0 Å². The first-order chi connectivity index (χ1) is 12.5. The van der Waals surface area contributed by atoms with Gasteiger partial charge in [-0.25, -0.2) is 0 Å². The Hall–Kier alpha value is -2.29. The third kappa shape index (κ3) is 6.55. The maximum atomic E-state index is 12.1. The average molecular weight is 353 g/mol. The van der Waals surface area contributed by atoms with Crippen LogP contribution in [0.25, 0.3) is 0 Å². The molecule has 0 saturated carbocycles. The Bertz CT molecular complexity index is 613. The molecule has 26 heavy (non-hydrogen) atoms. The predicted octanol–water partition coefficient (Wildman–Crippen LogP) is 4.73. The number of carbonyl (C=O) groups is 1. The highest BCUT2D eigenvalue weighted by Gasteiger charge is 2.04. The maximum absolute atomic E-state index is 12.1. The van der Waals surface area contributed by atoms with Crippen LogP contribution in [-0.2, 0) is 17.6 Å². The second-order valence-corrected chi connectivity index (χ2v) is 7.37. The summed E-state index contributed by atoms with van der Waals surface area (Å²) >= 11 is 0. The van der Waals surface area contributed by atoms with Crippen LogP contribution in [0.15, 0.2) is 48.5 Å². The summed E-state index contributed by atoms with van der Waals surface area (Å²) in [5, 5.41) is 0. The molecule has 3 nitrogen and oxygen atoms in total. The highest BCUT2D eigenvalue weighted by Crippen LogP contribution is 2.16. The Morgan fingerprint density at radius 1 is 0.654 bits per heavy atom. The maximum Gasteiger partial charge on any atom is 0.132 e. The van der Waals surface area contributed by atoms with Crippen LogP contribution in [-0.4, -0.2) is 34.0 Å². The third-order valence-corrected chi connectivity index (χ3v) is 4.75. The van der Waals surface area contributed by atoms with Gasteiger partial charge in [0.2, 0.25) is 0 Å². The van der Waals surface area contributed by atoms with Crippen molar-refractivity contribution >= 4 is 17.2 Å². The number of rotatable bonds is 10. The van der Waals surface area contributed by atoms with Crippen LogP contribution in [0.2, 0.25) is 0 Å². The molecule has 0 aromatic heterocycles. The van der Waals surface area contributed by atoms with Gasteiger partial charge in [-0.2, -0.15) is 0 Å². The Morgan fingerprint density at radius 3 is 1.31 bits per heavy atom. The van der Waals surface area contributed by atoms with Gasteiger partial charge in [0.15, 0.2) is 0 Å². The van der Waals surface area contributed by atoms with E-state index in [2.05, 4.69) is 58.3 Å². The standard InChI is InChI=1S/C23H32N2O/c1-24(2)21-15-11-19(12-16-21)7-5-9-23(26)10-6-8-20-13-17-22(18-14-20)25(3)4/h11-18H,5-10H2,1-4H3. The molecule has 0 amide bonds. The molecule has 0 fully saturated rings. The number of Topliss-reactive ketones (excluding diaryl/α,β-unsaturated/α-hetero) is 1. The van der Waals surface area contributed by atoms with Gasteiger partial charge in [0, 0.05) is 52.4 Å². The van der Waals surface area contributed by atoms with Gasteiger partial charge in [0.25, 0.3) is 0 Å². The van der Waals surface area contributed by atoms with Crippen molar-refractivity contribution in [2.24, 2.45) is 0 Å². The van der Waals surface area contributed by atoms with E-state index < -0.39 is 0 Å². The number of aryl methyl sites for hydroxylation is 2. The van der Waals surface area contributed by atoms with E-state index in [0.717, 1.165) is 25.7 Å². The first-order valence-electron chi connectivity index (χ1n) is 9.50. The van der Waals surface area contributed by atoms with Crippen LogP contribution < -0.4 is 9.80 Å². The molecule has 0 saturated heterocycles. The van der Waals surface area contributed by atoms with Crippen LogP contribution in [0.1, 0.15) is 36.8 Å². The molecule has 0 aliphatic carbocycles. The van der Waals surface area contributed by atoms with Gasteiger partial charge in [-0.1, -0.05) is 24.3 Å². The zero-order valence-corrected chi connectivity index (χ0v) is 16.7. The molecule has 0 aliphatic heterocycles. The Morgan fingerprint density at radius 2 is 1.00 bits per heavy atom. The van der Waals surface area contributed by atoms with Gasteiger partial charge in [-0.3, -0.25) is 4.79 Å². The molecule has 0 radical (unpaired) electrons. The summed E-state index contributed by atoms with van der Waals surface area (Å²) in [6.07, 6.45) is 5.22. The second-order valence-electron chi connectivity index (χ2n) is 7.37. The molecule has 0 spiro atoms. The number of ketones is 1. The van der Waals surface area contributed by atoms with Gasteiger partial charge in [-0.05, 0) is 61.1 Å². The van der Waals surface area contributed by atoms with Gasteiger partial charge in [-0.15, -0.1) is 0 Å². The minimum atomic E-state index is 0.389. The lowest BCUT2D eigenvalue weighted by Crippen LogP contribution is -2.08. The Labute approximate surface area is 158 Å². The molecule has 0 aliphatic rings. The fourth-order valence-electron chi connectivity index (χ4n) is 3.03. The normalized spacial score (nSPS) is 10.6. The SMILES string of the molecule is CN(C)c1ccc(CCCC(=O)CCCc2ccc(N(C)C)cc2)cc1. The summed E-state index contributed by atoms with van der Waals surface area (Å²) in [7, 11) is 8.18. The number of carbonyl (C=O) groups excluding carboxylic acids is 1. The molecular weight excluding hydrogens is 320 g/mol. The number of hydrogen-bond donors (Lipinski definition) is 0. The van der Waals surface area contributed by atoms with Crippen molar-refractivity contribution in [1.29, 1.82) is 0 Å². The summed E-state index contributed by atoms with van der Waals surface area (Å²) in [6, 6.07) is 17.2. The molecule has 140 valence electrons. The first kappa shape index (κ1) is 20.0. The van der Waals surface area contributed by atoms with Gasteiger partial charge < -0.3 is 9.80 Å². The molecule has 0 heterocycles. The highest BCUT2D eigenvalue weighted by atomic mass is 16.1. The van der Waals surface area contributed by atoms with Gasteiger partial charge in [0.05, 0.1) is 0 Å². The van der Waals surface area contributed by atoms with E-state index in [1.54, 1.807) is 0 Å². The lowest BCUT2D eigenvalue weighted by Gasteiger charge is -2.12. The van der Waals surface area contributed by atoms with E-state index in [9.17, 15) is 4.79 Å². The van der Waals surface area contributed by atoms with Crippen LogP contribution in [0.5, 0.6) is 0 Å². The lowest BCUT2D eigenvalue weighted by atomic mass is 10.0. The summed E-state index contributed by atoms with van der Waals surface area (Å²) in [4.78, 5) is 16.3. The smallest absolute Gasteiger partial charge is 0.132 e. The zero-order chi connectivity index (χ0) is 18.9. The minimum absolute atomic E-state index is 0.389. The topological polar surface area (TPSA) is 23.6 Å². The fraction of sp³-hybridized carbons (Fsp3) is 0.435. The van der Waals surface area contributed by atoms with Crippen molar-refractivity contribution < 1.29 is 4.79 Å². The molecule has 2 rings (SSSR count). The molecule has 0 bridgehead atoms. The molecule has 2 aromatic rings. The largest absolute Gasteiger partial charge is 0.378 e. The molecule has 0 N–H and O–H groups in total. The quantitative estimate of drug-likeness (QED) is 0.617. The average Bonchev–Trinajstić information content (AvgIpc) is 2.62. The second kappa shape index (κ2) is 10.0. The van der Waals surface area contributed by atoms with Crippen molar-refractivity contribution in [3.05, 3.63) is 59.7 Å². The fourth-order valence-corrected chi connectivity index (χ4v) is 3.03. The number of anilines is 2. The van der Waals surface area contributed by atoms with Crippen molar-refractivity contribution in [3.8, 4) is 0 Å².